The van der Waals surface area contributed by atoms with E-state index in [0.717, 1.165) is 0 Å². The van der Waals surface area contributed by atoms with E-state index in [4.69, 9.17) is 0 Å². The average Bonchev–Trinajstić information content (AvgIpc) is 2.34. The van der Waals surface area contributed by atoms with Gasteiger partial charge in [0, 0.05) is 7.05 Å². The molecule has 0 bridgehead atoms. The first-order chi connectivity index (χ1) is 5.92. The summed E-state index contributed by atoms with van der Waals surface area (Å²) in [5.74, 6) is 0.246. The summed E-state index contributed by atoms with van der Waals surface area (Å²) >= 11 is 0. The molecule has 1 heterocycles. The van der Waals surface area contributed by atoms with Crippen molar-refractivity contribution in [3.05, 3.63) is 6.20 Å². The Hall–Kier alpha value is -1.11. The molecule has 0 amide bonds. The monoisotopic (exact) mass is 204 g/mol. The SMILES string of the molecule is CC(C)S(=O)(=O)Nc1cn(C)nn1. The first-order valence-corrected chi connectivity index (χ1v) is 5.34. The number of hydrogen-bond donors (Lipinski definition) is 1. The number of aromatic nitrogens is 3. The molecule has 1 N–H and O–H groups in total. The number of aryl methyl sites for hydroxylation is 1. The van der Waals surface area contributed by atoms with Crippen molar-refractivity contribution in [2.45, 2.75) is 19.1 Å². The third kappa shape index (κ3) is 2.41. The second-order valence-corrected chi connectivity index (χ2v) is 5.21. The first-order valence-electron chi connectivity index (χ1n) is 3.80. The van der Waals surface area contributed by atoms with Gasteiger partial charge in [-0.15, -0.1) is 5.10 Å². The molecule has 0 saturated carbocycles. The Labute approximate surface area is 77.0 Å². The summed E-state index contributed by atoms with van der Waals surface area (Å²) in [6, 6.07) is 0. The van der Waals surface area contributed by atoms with Crippen LogP contribution in [-0.2, 0) is 17.1 Å². The van der Waals surface area contributed by atoms with E-state index in [9.17, 15) is 8.42 Å². The van der Waals surface area contributed by atoms with E-state index < -0.39 is 15.3 Å². The molecular weight excluding hydrogens is 192 g/mol. The maximum Gasteiger partial charge on any atom is 0.236 e. The lowest BCUT2D eigenvalue weighted by atomic mass is 10.6. The van der Waals surface area contributed by atoms with Crippen LogP contribution in [0.1, 0.15) is 13.8 Å². The molecule has 1 rings (SSSR count). The van der Waals surface area contributed by atoms with Crippen LogP contribution in [0.15, 0.2) is 6.20 Å². The van der Waals surface area contributed by atoms with Gasteiger partial charge in [-0.3, -0.25) is 9.40 Å². The Bertz CT molecular complexity index is 381. The number of nitrogens with one attached hydrogen (secondary N) is 1. The molecule has 0 fully saturated rings. The van der Waals surface area contributed by atoms with E-state index in [1.807, 2.05) is 0 Å². The Balaban J connectivity index is 2.81. The molecule has 0 atom stereocenters. The molecule has 0 saturated heterocycles. The number of rotatable bonds is 3. The number of anilines is 1. The standard InChI is InChI=1S/C6H12N4O2S/c1-5(2)13(11,12)8-6-4-10(3)9-7-6/h4-5,8H,1-3H3. The van der Waals surface area contributed by atoms with E-state index in [1.54, 1.807) is 20.9 Å². The van der Waals surface area contributed by atoms with Crippen molar-refractivity contribution in [2.24, 2.45) is 7.05 Å². The second kappa shape index (κ2) is 3.33. The molecule has 0 aliphatic rings. The van der Waals surface area contributed by atoms with Gasteiger partial charge in [-0.25, -0.2) is 8.42 Å². The number of sulfonamides is 1. The van der Waals surface area contributed by atoms with E-state index in [1.165, 1.54) is 10.9 Å². The maximum absolute atomic E-state index is 11.3. The van der Waals surface area contributed by atoms with Crippen LogP contribution < -0.4 is 4.72 Å². The third-order valence-electron chi connectivity index (χ3n) is 1.47. The van der Waals surface area contributed by atoms with Crippen LogP contribution in [0.5, 0.6) is 0 Å². The average molecular weight is 204 g/mol. The minimum Gasteiger partial charge on any atom is -0.264 e. The van der Waals surface area contributed by atoms with Gasteiger partial charge in [0.15, 0.2) is 5.82 Å². The maximum atomic E-state index is 11.3. The van der Waals surface area contributed by atoms with Gasteiger partial charge in [-0.05, 0) is 13.8 Å². The second-order valence-electron chi connectivity index (χ2n) is 2.97. The van der Waals surface area contributed by atoms with Gasteiger partial charge in [0.25, 0.3) is 0 Å². The summed E-state index contributed by atoms with van der Waals surface area (Å²) in [5, 5.41) is 6.73. The molecule has 6 nitrogen and oxygen atoms in total. The van der Waals surface area contributed by atoms with Crippen LogP contribution in [0.2, 0.25) is 0 Å². The fourth-order valence-electron chi connectivity index (χ4n) is 0.658. The quantitative estimate of drug-likeness (QED) is 0.749. The molecular formula is C6H12N4O2S. The van der Waals surface area contributed by atoms with E-state index in [0.29, 0.717) is 0 Å². The van der Waals surface area contributed by atoms with Crippen LogP contribution in [0, 0.1) is 0 Å². The normalized spacial score (nSPS) is 12.0. The predicted molar refractivity (Wildman–Crippen MR) is 48.7 cm³/mol. The summed E-state index contributed by atoms with van der Waals surface area (Å²) in [7, 11) is -1.64. The highest BCUT2D eigenvalue weighted by atomic mass is 32.2. The van der Waals surface area contributed by atoms with Crippen molar-refractivity contribution in [3.63, 3.8) is 0 Å². The van der Waals surface area contributed by atoms with E-state index in [2.05, 4.69) is 15.0 Å². The lowest BCUT2D eigenvalue weighted by Crippen LogP contribution is -2.22. The molecule has 1 aromatic rings. The molecule has 74 valence electrons. The largest absolute Gasteiger partial charge is 0.264 e. The molecule has 0 radical (unpaired) electrons. The smallest absolute Gasteiger partial charge is 0.236 e. The van der Waals surface area contributed by atoms with Gasteiger partial charge in [-0.2, -0.15) is 0 Å². The van der Waals surface area contributed by atoms with Crippen LogP contribution in [-0.4, -0.2) is 28.7 Å². The van der Waals surface area contributed by atoms with Crippen molar-refractivity contribution in [2.75, 3.05) is 4.72 Å². The van der Waals surface area contributed by atoms with Crippen LogP contribution >= 0.6 is 0 Å². The fraction of sp³-hybridized carbons (Fsp3) is 0.667. The molecule has 13 heavy (non-hydrogen) atoms. The fourth-order valence-corrected chi connectivity index (χ4v) is 1.28. The van der Waals surface area contributed by atoms with Gasteiger partial charge in [0.1, 0.15) is 0 Å². The number of nitrogens with zero attached hydrogens (tertiary/aromatic N) is 3. The topological polar surface area (TPSA) is 76.9 Å². The van der Waals surface area contributed by atoms with Gasteiger partial charge in [0.05, 0.1) is 11.4 Å². The Kier molecular flexibility index (Phi) is 2.55. The van der Waals surface area contributed by atoms with Crippen molar-refractivity contribution in [3.8, 4) is 0 Å². The van der Waals surface area contributed by atoms with E-state index in [-0.39, 0.29) is 5.82 Å². The van der Waals surface area contributed by atoms with Crippen molar-refractivity contribution in [1.29, 1.82) is 0 Å². The Morgan fingerprint density at radius 1 is 1.54 bits per heavy atom. The highest BCUT2D eigenvalue weighted by molar-refractivity contribution is 7.93. The first kappa shape index (κ1) is 9.97. The summed E-state index contributed by atoms with van der Waals surface area (Å²) < 4.78 is 26.4. The summed E-state index contributed by atoms with van der Waals surface area (Å²) in [5.41, 5.74) is 0. The molecule has 7 heteroatoms. The zero-order valence-electron chi connectivity index (χ0n) is 7.72. The summed E-state index contributed by atoms with van der Waals surface area (Å²) in [6.45, 7) is 3.19. The van der Waals surface area contributed by atoms with E-state index >= 15 is 0 Å². The van der Waals surface area contributed by atoms with Gasteiger partial charge >= 0.3 is 0 Å². The van der Waals surface area contributed by atoms with Gasteiger partial charge in [0.2, 0.25) is 10.0 Å². The Morgan fingerprint density at radius 2 is 2.15 bits per heavy atom. The van der Waals surface area contributed by atoms with Crippen molar-refractivity contribution in [1.82, 2.24) is 15.0 Å². The molecule has 1 aromatic heterocycles. The minimum absolute atomic E-state index is 0.246. The molecule has 0 unspecified atom stereocenters. The molecule has 0 aliphatic heterocycles. The Morgan fingerprint density at radius 3 is 2.54 bits per heavy atom. The molecule has 0 aromatic carbocycles. The highest BCUT2D eigenvalue weighted by Gasteiger charge is 2.16. The minimum atomic E-state index is -3.30. The summed E-state index contributed by atoms with van der Waals surface area (Å²) in [6.07, 6.45) is 1.50. The summed E-state index contributed by atoms with van der Waals surface area (Å²) in [4.78, 5) is 0. The van der Waals surface area contributed by atoms with Gasteiger partial charge < -0.3 is 0 Å². The zero-order chi connectivity index (χ0) is 10.1. The van der Waals surface area contributed by atoms with Crippen LogP contribution in [0.4, 0.5) is 5.82 Å². The van der Waals surface area contributed by atoms with Gasteiger partial charge in [-0.1, -0.05) is 5.21 Å². The van der Waals surface area contributed by atoms with Crippen LogP contribution in [0.3, 0.4) is 0 Å². The highest BCUT2D eigenvalue weighted by Crippen LogP contribution is 2.06. The van der Waals surface area contributed by atoms with Crippen molar-refractivity contribution < 1.29 is 8.42 Å². The van der Waals surface area contributed by atoms with Crippen molar-refractivity contribution >= 4 is 15.8 Å². The lowest BCUT2D eigenvalue weighted by molar-refractivity contribution is 0.592. The number of hydrogen-bond acceptors (Lipinski definition) is 4. The lowest BCUT2D eigenvalue weighted by Gasteiger charge is -2.06. The van der Waals surface area contributed by atoms with Crippen LogP contribution in [0.25, 0.3) is 0 Å². The third-order valence-corrected chi connectivity index (χ3v) is 3.20. The molecule has 0 spiro atoms. The molecule has 0 aliphatic carbocycles. The zero-order valence-corrected chi connectivity index (χ0v) is 8.54. The predicted octanol–water partition coefficient (Wildman–Crippen LogP) is -0.0348.